The van der Waals surface area contributed by atoms with Gasteiger partial charge in [0.1, 0.15) is 29.3 Å². The quantitative estimate of drug-likeness (QED) is 0.0998. The lowest BCUT2D eigenvalue weighted by atomic mass is 9.96. The van der Waals surface area contributed by atoms with E-state index < -0.39 is 98.1 Å². The number of aliphatic hydroxyl groups is 4. The molecule has 16 nitrogen and oxygen atoms in total. The summed E-state index contributed by atoms with van der Waals surface area (Å²) in [5, 5.41) is 59.6. The van der Waals surface area contributed by atoms with Crippen LogP contribution in [0.15, 0.2) is 0 Å². The van der Waals surface area contributed by atoms with Crippen molar-refractivity contribution in [1.29, 1.82) is 0 Å². The highest BCUT2D eigenvalue weighted by Gasteiger charge is 2.47. The Morgan fingerprint density at radius 2 is 1.79 bits per heavy atom. The van der Waals surface area contributed by atoms with Gasteiger partial charge in [0.05, 0.1) is 25.2 Å². The van der Waals surface area contributed by atoms with Crippen molar-refractivity contribution in [3.8, 4) is 0 Å². The van der Waals surface area contributed by atoms with Crippen LogP contribution in [0, 0.1) is 0 Å². The number of hydrogen-bond acceptors (Lipinski definition) is 12. The summed E-state index contributed by atoms with van der Waals surface area (Å²) in [4.78, 5) is 51.7. The third-order valence-corrected chi connectivity index (χ3v) is 8.30. The van der Waals surface area contributed by atoms with Crippen LogP contribution in [-0.2, 0) is 28.4 Å². The van der Waals surface area contributed by atoms with Crippen LogP contribution in [-0.4, -0.2) is 125 Å². The van der Waals surface area contributed by atoms with Crippen LogP contribution < -0.4 is 11.1 Å². The zero-order chi connectivity index (χ0) is 26.4. The molecule has 0 bridgehead atoms. The Kier molecular flexibility index (Phi) is 11.8. The Hall–Kier alpha value is -1.37. The molecule has 1 aliphatic rings. The van der Waals surface area contributed by atoms with Gasteiger partial charge in [0.15, 0.2) is 12.4 Å². The van der Waals surface area contributed by atoms with Gasteiger partial charge in [0.25, 0.3) is 0 Å². The second-order valence-corrected chi connectivity index (χ2v) is 10.7. The number of aliphatic hydroxyl groups excluding tert-OH is 4. The molecule has 18 heteroatoms. The number of aliphatic carboxylic acids is 2. The first-order valence-corrected chi connectivity index (χ1v) is 12.5. The minimum atomic E-state index is -4.74. The zero-order valence-electron chi connectivity index (χ0n) is 17.8. The van der Waals surface area contributed by atoms with E-state index in [4.69, 9.17) is 20.3 Å². The number of carbonyl (C=O) groups excluding carboxylic acids is 1. The predicted molar refractivity (Wildman–Crippen MR) is 112 cm³/mol. The molecule has 1 aliphatic heterocycles. The highest BCUT2D eigenvalue weighted by molar-refractivity contribution is 8.05. The molecule has 0 aromatic heterocycles. The Morgan fingerprint density at radius 3 is 2.24 bits per heavy atom. The van der Waals surface area contributed by atoms with Crippen LogP contribution in [0.25, 0.3) is 0 Å². The van der Waals surface area contributed by atoms with E-state index in [0.717, 1.165) is 6.92 Å². The summed E-state index contributed by atoms with van der Waals surface area (Å²) in [6, 6.07) is -3.14. The normalized spacial score (nSPS) is 29.0. The number of rotatable bonds is 13. The van der Waals surface area contributed by atoms with Gasteiger partial charge < -0.3 is 61.0 Å². The van der Waals surface area contributed by atoms with Gasteiger partial charge in [-0.15, -0.1) is 11.8 Å². The molecule has 0 spiro atoms. The third kappa shape index (κ3) is 8.69. The largest absolute Gasteiger partial charge is 0.481 e. The lowest BCUT2D eigenvalue weighted by Gasteiger charge is -2.43. The topological polar surface area (TPSA) is 287 Å². The number of hydrogen-bond donors (Lipinski definition) is 10. The van der Waals surface area contributed by atoms with Gasteiger partial charge in [-0.1, -0.05) is 0 Å². The van der Waals surface area contributed by atoms with Crippen molar-refractivity contribution in [3.05, 3.63) is 0 Å². The Bertz CT molecular complexity index is 766. The minimum Gasteiger partial charge on any atom is -0.481 e. The van der Waals surface area contributed by atoms with Crippen LogP contribution in [0.2, 0.25) is 0 Å². The SMILES string of the molecule is CC(O)C(SC[C@H](N)C(=O)N[C@H]1[C@@H](O[C@@H](CC(=O)O)C(=O)O)O[C@H](CO)[C@@H](O)[C@@H]1O)P(=O)(O)O. The van der Waals surface area contributed by atoms with E-state index in [0.29, 0.717) is 11.8 Å². The van der Waals surface area contributed by atoms with E-state index in [1.807, 2.05) is 0 Å². The number of ether oxygens (including phenoxy) is 2. The fourth-order valence-electron chi connectivity index (χ4n) is 2.93. The van der Waals surface area contributed by atoms with Gasteiger partial charge in [-0.05, 0) is 6.92 Å². The highest BCUT2D eigenvalue weighted by atomic mass is 32.2. The van der Waals surface area contributed by atoms with Crippen molar-refractivity contribution in [2.75, 3.05) is 12.4 Å². The third-order valence-electron chi connectivity index (χ3n) is 4.65. The Labute approximate surface area is 197 Å². The lowest BCUT2D eigenvalue weighted by molar-refractivity contribution is -0.281. The van der Waals surface area contributed by atoms with Crippen LogP contribution >= 0.6 is 19.4 Å². The number of carboxylic acid groups (broad SMARTS) is 2. The molecular formula is C16H29N2O14PS. The summed E-state index contributed by atoms with van der Waals surface area (Å²) in [7, 11) is -4.74. The van der Waals surface area contributed by atoms with Crippen molar-refractivity contribution in [1.82, 2.24) is 5.32 Å². The molecule has 1 rings (SSSR count). The molecule has 1 saturated heterocycles. The number of nitrogens with two attached hydrogens (primary N) is 1. The molecule has 1 amide bonds. The molecule has 11 N–H and O–H groups in total. The second-order valence-electron chi connectivity index (χ2n) is 7.46. The summed E-state index contributed by atoms with van der Waals surface area (Å²) in [6.07, 6.45) is -11.4. The molecule has 0 aromatic rings. The van der Waals surface area contributed by atoms with Gasteiger partial charge in [-0.2, -0.15) is 0 Å². The van der Waals surface area contributed by atoms with Gasteiger partial charge in [0.2, 0.25) is 5.91 Å². The number of thioether (sulfide) groups is 1. The van der Waals surface area contributed by atoms with Crippen LogP contribution in [0.1, 0.15) is 13.3 Å². The van der Waals surface area contributed by atoms with Gasteiger partial charge >= 0.3 is 19.5 Å². The number of nitrogens with one attached hydrogen (secondary N) is 1. The van der Waals surface area contributed by atoms with Crippen molar-refractivity contribution in [3.63, 3.8) is 0 Å². The molecule has 2 unspecified atom stereocenters. The first kappa shape index (κ1) is 30.7. The molecule has 1 fully saturated rings. The van der Waals surface area contributed by atoms with Gasteiger partial charge in [0, 0.05) is 5.75 Å². The van der Waals surface area contributed by atoms with Crippen LogP contribution in [0.5, 0.6) is 0 Å². The van der Waals surface area contributed by atoms with Gasteiger partial charge in [-0.3, -0.25) is 14.2 Å². The van der Waals surface area contributed by atoms with Crippen LogP contribution in [0.3, 0.4) is 0 Å². The zero-order valence-corrected chi connectivity index (χ0v) is 19.5. The van der Waals surface area contributed by atoms with Crippen molar-refractivity contribution in [2.45, 2.75) is 67.2 Å². The van der Waals surface area contributed by atoms with E-state index in [2.05, 4.69) is 5.32 Å². The Morgan fingerprint density at radius 1 is 1.21 bits per heavy atom. The average molecular weight is 536 g/mol. The first-order valence-electron chi connectivity index (χ1n) is 9.73. The molecule has 9 atom stereocenters. The minimum absolute atomic E-state index is 0.402. The van der Waals surface area contributed by atoms with Gasteiger partial charge in [-0.25, -0.2) is 4.79 Å². The smallest absolute Gasteiger partial charge is 0.341 e. The van der Waals surface area contributed by atoms with E-state index in [1.165, 1.54) is 0 Å². The fourth-order valence-corrected chi connectivity index (χ4v) is 5.36. The van der Waals surface area contributed by atoms with E-state index in [9.17, 15) is 54.3 Å². The molecule has 0 radical (unpaired) electrons. The first-order chi connectivity index (χ1) is 15.6. The molecule has 1 heterocycles. The van der Waals surface area contributed by atoms with Crippen molar-refractivity contribution >= 4 is 37.2 Å². The fraction of sp³-hybridized carbons (Fsp3) is 0.812. The molecule has 198 valence electrons. The molecular weight excluding hydrogens is 507 g/mol. The predicted octanol–water partition coefficient (Wildman–Crippen LogP) is -4.20. The summed E-state index contributed by atoms with van der Waals surface area (Å²) in [6.45, 7) is 0.295. The van der Waals surface area contributed by atoms with E-state index >= 15 is 0 Å². The van der Waals surface area contributed by atoms with E-state index in [1.54, 1.807) is 0 Å². The number of carboxylic acids is 2. The second kappa shape index (κ2) is 13.1. The standard InChI is InChI=1S/C16H29N2O14PS/c1-5(20)16(33(28,29)30)34-4-6(17)13(25)18-10-12(24)11(23)8(3-19)32-15(10)31-7(14(26)27)2-9(21)22/h5-8,10-12,15-16,19-20,23-24H,2-4,17H2,1H3,(H,18,25)(H,21,22)(H,26,27)(H2,28,29,30)/t5?,6-,7-,8+,10+,11+,12+,15-,16?/m0/s1. The molecule has 0 aliphatic carbocycles. The van der Waals surface area contributed by atoms with Crippen LogP contribution in [0.4, 0.5) is 0 Å². The highest BCUT2D eigenvalue weighted by Crippen LogP contribution is 2.48. The number of amides is 1. The van der Waals surface area contributed by atoms with Crippen molar-refractivity contribution in [2.24, 2.45) is 5.73 Å². The molecule has 0 saturated carbocycles. The average Bonchev–Trinajstić information content (AvgIpc) is 2.70. The Balaban J connectivity index is 3.00. The number of carbonyl (C=O) groups is 3. The summed E-state index contributed by atoms with van der Waals surface area (Å²) in [5.41, 5.74) is 5.72. The molecule has 0 aromatic carbocycles. The van der Waals surface area contributed by atoms with Crippen molar-refractivity contribution < 1.29 is 68.8 Å². The summed E-state index contributed by atoms with van der Waals surface area (Å²) < 4.78 is 21.8. The lowest BCUT2D eigenvalue weighted by Crippen LogP contribution is -2.66. The maximum atomic E-state index is 12.5. The maximum Gasteiger partial charge on any atom is 0.341 e. The summed E-state index contributed by atoms with van der Waals surface area (Å²) in [5.74, 6) is -4.68. The molecule has 34 heavy (non-hydrogen) atoms. The van der Waals surface area contributed by atoms with E-state index in [-0.39, 0.29) is 0 Å². The monoisotopic (exact) mass is 536 g/mol. The summed E-state index contributed by atoms with van der Waals surface area (Å²) >= 11 is 0.513. The maximum absolute atomic E-state index is 12.5.